The molecule has 0 aromatic heterocycles. The Kier molecular flexibility index (Phi) is 6.82. The lowest BCUT2D eigenvalue weighted by atomic mass is 10.1. The Bertz CT molecular complexity index is 272. The fraction of sp³-hybridized carbons (Fsp3) is 0.429. The standard InChI is InChI=1S/C14H22/c1-6-8-9-13(4)11-14(5)10-12(3)7-2/h7-11H,6H2,1-5H3/b9-8+,12-7-,13-11-,14-10+. The van der Waals surface area contributed by atoms with Crippen molar-refractivity contribution in [3.05, 3.63) is 47.1 Å². The fourth-order valence-electron chi connectivity index (χ4n) is 1.20. The summed E-state index contributed by atoms with van der Waals surface area (Å²) in [6.45, 7) is 10.6. The van der Waals surface area contributed by atoms with Crippen LogP contribution in [0.4, 0.5) is 0 Å². The minimum atomic E-state index is 1.10. The van der Waals surface area contributed by atoms with Crippen molar-refractivity contribution in [3.8, 4) is 0 Å². The third-order valence-electron chi connectivity index (χ3n) is 1.98. The summed E-state index contributed by atoms with van der Waals surface area (Å²) >= 11 is 0. The van der Waals surface area contributed by atoms with Crippen molar-refractivity contribution in [2.45, 2.75) is 41.0 Å². The third-order valence-corrected chi connectivity index (χ3v) is 1.98. The second-order valence-electron chi connectivity index (χ2n) is 3.62. The van der Waals surface area contributed by atoms with Gasteiger partial charge in [0.25, 0.3) is 0 Å². The van der Waals surface area contributed by atoms with Crippen LogP contribution in [0.1, 0.15) is 41.0 Å². The monoisotopic (exact) mass is 190 g/mol. The highest BCUT2D eigenvalue weighted by Crippen LogP contribution is 2.07. The molecular weight excluding hydrogens is 168 g/mol. The SMILES string of the molecule is C\C=C(C)/C=C(C)/C=C(C)\C=C\CC. The molecule has 0 aromatic rings. The lowest BCUT2D eigenvalue weighted by molar-refractivity contribution is 1.22. The van der Waals surface area contributed by atoms with Gasteiger partial charge in [0.2, 0.25) is 0 Å². The van der Waals surface area contributed by atoms with Gasteiger partial charge in [-0.05, 0) is 34.1 Å². The number of allylic oxidation sites excluding steroid dienone is 8. The van der Waals surface area contributed by atoms with Crippen molar-refractivity contribution in [1.82, 2.24) is 0 Å². The van der Waals surface area contributed by atoms with Crippen molar-refractivity contribution < 1.29 is 0 Å². The van der Waals surface area contributed by atoms with Crippen LogP contribution in [0.2, 0.25) is 0 Å². The van der Waals surface area contributed by atoms with Gasteiger partial charge in [0.1, 0.15) is 0 Å². The van der Waals surface area contributed by atoms with Crippen LogP contribution in [0.3, 0.4) is 0 Å². The predicted molar refractivity (Wildman–Crippen MR) is 66.4 cm³/mol. The summed E-state index contributed by atoms with van der Waals surface area (Å²) in [4.78, 5) is 0. The van der Waals surface area contributed by atoms with Crippen molar-refractivity contribution in [1.29, 1.82) is 0 Å². The minimum absolute atomic E-state index is 1.10. The van der Waals surface area contributed by atoms with E-state index >= 15 is 0 Å². The quantitative estimate of drug-likeness (QED) is 0.558. The molecule has 0 rings (SSSR count). The smallest absolute Gasteiger partial charge is 0.0376 e. The van der Waals surface area contributed by atoms with Crippen molar-refractivity contribution >= 4 is 0 Å². The van der Waals surface area contributed by atoms with E-state index in [9.17, 15) is 0 Å². The van der Waals surface area contributed by atoms with E-state index in [2.05, 4.69) is 65.0 Å². The van der Waals surface area contributed by atoms with Gasteiger partial charge < -0.3 is 0 Å². The molecule has 0 atom stereocenters. The van der Waals surface area contributed by atoms with E-state index in [0.717, 1.165) is 6.42 Å². The predicted octanol–water partition coefficient (Wildman–Crippen LogP) is 4.81. The summed E-state index contributed by atoms with van der Waals surface area (Å²) in [6, 6.07) is 0. The highest BCUT2D eigenvalue weighted by atomic mass is 13.9. The molecule has 0 heteroatoms. The Morgan fingerprint density at radius 1 is 0.929 bits per heavy atom. The molecule has 0 fully saturated rings. The molecule has 0 bridgehead atoms. The first-order valence-electron chi connectivity index (χ1n) is 5.26. The molecule has 0 saturated carbocycles. The van der Waals surface area contributed by atoms with E-state index in [1.54, 1.807) is 0 Å². The first kappa shape index (κ1) is 13.0. The molecule has 0 spiro atoms. The first-order valence-corrected chi connectivity index (χ1v) is 5.26. The Morgan fingerprint density at radius 2 is 1.50 bits per heavy atom. The molecule has 0 aliphatic carbocycles. The van der Waals surface area contributed by atoms with Gasteiger partial charge in [0, 0.05) is 0 Å². The van der Waals surface area contributed by atoms with Gasteiger partial charge in [-0.15, -0.1) is 0 Å². The van der Waals surface area contributed by atoms with Gasteiger partial charge >= 0.3 is 0 Å². The van der Waals surface area contributed by atoms with Crippen LogP contribution in [0, 0.1) is 0 Å². The molecule has 14 heavy (non-hydrogen) atoms. The second-order valence-corrected chi connectivity index (χ2v) is 3.62. The zero-order valence-corrected chi connectivity index (χ0v) is 10.1. The number of hydrogen-bond donors (Lipinski definition) is 0. The minimum Gasteiger partial charge on any atom is -0.0847 e. The van der Waals surface area contributed by atoms with Crippen LogP contribution in [-0.4, -0.2) is 0 Å². The summed E-state index contributed by atoms with van der Waals surface area (Å²) in [5.74, 6) is 0. The van der Waals surface area contributed by atoms with Crippen LogP contribution >= 0.6 is 0 Å². The van der Waals surface area contributed by atoms with Gasteiger partial charge in [0.15, 0.2) is 0 Å². The Hall–Kier alpha value is -1.04. The van der Waals surface area contributed by atoms with Crippen LogP contribution in [0.5, 0.6) is 0 Å². The number of hydrogen-bond acceptors (Lipinski definition) is 0. The molecule has 0 N–H and O–H groups in total. The zero-order valence-electron chi connectivity index (χ0n) is 10.1. The van der Waals surface area contributed by atoms with Gasteiger partial charge in [-0.3, -0.25) is 0 Å². The van der Waals surface area contributed by atoms with Crippen molar-refractivity contribution in [2.24, 2.45) is 0 Å². The van der Waals surface area contributed by atoms with E-state index in [1.807, 2.05) is 0 Å². The molecule has 0 amide bonds. The van der Waals surface area contributed by atoms with Crippen molar-refractivity contribution in [2.75, 3.05) is 0 Å². The highest BCUT2D eigenvalue weighted by Gasteiger charge is 1.86. The van der Waals surface area contributed by atoms with Crippen molar-refractivity contribution in [3.63, 3.8) is 0 Å². The molecule has 0 unspecified atom stereocenters. The van der Waals surface area contributed by atoms with Gasteiger partial charge in [0.05, 0.1) is 0 Å². The van der Waals surface area contributed by atoms with E-state index in [-0.39, 0.29) is 0 Å². The van der Waals surface area contributed by atoms with E-state index in [4.69, 9.17) is 0 Å². The summed E-state index contributed by atoms with van der Waals surface area (Å²) in [5.41, 5.74) is 3.93. The molecule has 0 heterocycles. The first-order chi connectivity index (χ1) is 6.60. The Morgan fingerprint density at radius 3 is 2.00 bits per heavy atom. The van der Waals surface area contributed by atoms with Gasteiger partial charge in [-0.1, -0.05) is 54.0 Å². The molecule has 0 saturated heterocycles. The third kappa shape index (κ3) is 6.47. The normalized spacial score (nSPS) is 15.4. The summed E-state index contributed by atoms with van der Waals surface area (Å²) < 4.78 is 0. The topological polar surface area (TPSA) is 0 Å². The maximum Gasteiger partial charge on any atom is -0.0376 e. The average molecular weight is 190 g/mol. The van der Waals surface area contributed by atoms with Crippen LogP contribution in [0.25, 0.3) is 0 Å². The molecular formula is C14H22. The maximum atomic E-state index is 2.21. The molecule has 0 aliphatic rings. The summed E-state index contributed by atoms with van der Waals surface area (Å²) in [6.07, 6.45) is 12.0. The van der Waals surface area contributed by atoms with E-state index < -0.39 is 0 Å². The molecule has 0 radical (unpaired) electrons. The summed E-state index contributed by atoms with van der Waals surface area (Å²) in [5, 5.41) is 0. The lowest BCUT2D eigenvalue weighted by Gasteiger charge is -1.96. The molecule has 78 valence electrons. The zero-order chi connectivity index (χ0) is 11.0. The number of rotatable bonds is 4. The molecule has 0 nitrogen and oxygen atoms in total. The van der Waals surface area contributed by atoms with Gasteiger partial charge in [-0.25, -0.2) is 0 Å². The Balaban J connectivity index is 4.49. The van der Waals surface area contributed by atoms with E-state index in [0.29, 0.717) is 0 Å². The lowest BCUT2D eigenvalue weighted by Crippen LogP contribution is -1.75. The maximum absolute atomic E-state index is 2.21. The fourth-order valence-corrected chi connectivity index (χ4v) is 1.20. The van der Waals surface area contributed by atoms with E-state index in [1.165, 1.54) is 16.7 Å². The molecule has 0 aliphatic heterocycles. The highest BCUT2D eigenvalue weighted by molar-refractivity contribution is 5.32. The van der Waals surface area contributed by atoms with Crippen LogP contribution in [0.15, 0.2) is 47.1 Å². The molecule has 0 aromatic carbocycles. The summed E-state index contributed by atoms with van der Waals surface area (Å²) in [7, 11) is 0. The Labute approximate surface area is 88.7 Å². The van der Waals surface area contributed by atoms with Gasteiger partial charge in [-0.2, -0.15) is 0 Å². The largest absolute Gasteiger partial charge is 0.0847 e. The average Bonchev–Trinajstić information content (AvgIpc) is 2.14. The van der Waals surface area contributed by atoms with Crippen LogP contribution in [-0.2, 0) is 0 Å². The van der Waals surface area contributed by atoms with Crippen LogP contribution < -0.4 is 0 Å². The second kappa shape index (κ2) is 7.37.